The van der Waals surface area contributed by atoms with Crippen molar-refractivity contribution in [3.05, 3.63) is 34.1 Å². The topological polar surface area (TPSA) is 99.2 Å². The van der Waals surface area contributed by atoms with Crippen molar-refractivity contribution in [1.82, 2.24) is 0 Å². The summed E-state index contributed by atoms with van der Waals surface area (Å²) in [5, 5.41) is 0.0253. The van der Waals surface area contributed by atoms with Crippen LogP contribution in [0.2, 0.25) is 5.02 Å². The van der Waals surface area contributed by atoms with Crippen molar-refractivity contribution in [2.24, 2.45) is 0 Å². The van der Waals surface area contributed by atoms with Gasteiger partial charge < -0.3 is 14.2 Å². The van der Waals surface area contributed by atoms with E-state index >= 15 is 4.39 Å². The van der Waals surface area contributed by atoms with Crippen molar-refractivity contribution in [2.45, 2.75) is 57.8 Å². The predicted octanol–water partition coefficient (Wildman–Crippen LogP) is 4.85. The van der Waals surface area contributed by atoms with E-state index in [9.17, 15) is 19.2 Å². The van der Waals surface area contributed by atoms with E-state index in [0.29, 0.717) is 30.8 Å². The number of imide groups is 1. The minimum absolute atomic E-state index is 0.0253. The number of hydrogen-bond acceptors (Lipinski definition) is 8. The summed E-state index contributed by atoms with van der Waals surface area (Å²) in [6, 6.07) is 2.25. The van der Waals surface area contributed by atoms with Gasteiger partial charge in [0.1, 0.15) is 12.4 Å². The Balaban J connectivity index is 2.43. The van der Waals surface area contributed by atoms with E-state index in [-0.39, 0.29) is 60.3 Å². The second-order valence-electron chi connectivity index (χ2n) is 7.71. The number of benzene rings is 1. The highest BCUT2D eigenvalue weighted by Crippen LogP contribution is 2.36. The van der Waals surface area contributed by atoms with Crippen molar-refractivity contribution >= 4 is 52.8 Å². The molecule has 0 heterocycles. The molecule has 0 saturated heterocycles. The maximum atomic E-state index is 15.1. The molecular formula is C25H31ClFNO7S. The average molecular weight is 544 g/mol. The highest BCUT2D eigenvalue weighted by atomic mass is 35.5. The summed E-state index contributed by atoms with van der Waals surface area (Å²) in [5.74, 6) is -3.53. The standard InChI is InChI=1S/C25H31ClFNO7S/c1-4-22(29)28(20-14-21(18(26)13-19(20)27)36-15-23(30)34-6-3)24(31)16-9-7-8-10-17(16)25(32)35-12-11-33-5-2/h13-14H,4-12,15H2,1-3H3. The molecule has 0 fully saturated rings. The van der Waals surface area contributed by atoms with Crippen LogP contribution >= 0.6 is 23.4 Å². The molecule has 2 amide bonds. The first kappa shape index (κ1) is 29.8. The Bertz CT molecular complexity index is 1010. The van der Waals surface area contributed by atoms with Gasteiger partial charge in [-0.05, 0) is 51.7 Å². The Kier molecular flexibility index (Phi) is 12.4. The largest absolute Gasteiger partial charge is 0.465 e. The van der Waals surface area contributed by atoms with Crippen LogP contribution < -0.4 is 4.90 Å². The first-order chi connectivity index (χ1) is 17.2. The third-order valence-corrected chi connectivity index (χ3v) is 6.74. The van der Waals surface area contributed by atoms with Gasteiger partial charge >= 0.3 is 11.9 Å². The van der Waals surface area contributed by atoms with Crippen molar-refractivity contribution in [3.8, 4) is 0 Å². The molecule has 1 aromatic carbocycles. The number of anilines is 1. The minimum Gasteiger partial charge on any atom is -0.465 e. The third-order valence-electron chi connectivity index (χ3n) is 5.29. The molecule has 8 nitrogen and oxygen atoms in total. The molecule has 0 saturated carbocycles. The minimum atomic E-state index is -0.882. The molecule has 0 atom stereocenters. The lowest BCUT2D eigenvalue weighted by molar-refractivity contribution is -0.141. The van der Waals surface area contributed by atoms with Crippen molar-refractivity contribution in [3.63, 3.8) is 0 Å². The van der Waals surface area contributed by atoms with Crippen molar-refractivity contribution < 1.29 is 37.8 Å². The van der Waals surface area contributed by atoms with Gasteiger partial charge in [0, 0.05) is 29.1 Å². The SMILES string of the molecule is CCOCCOC(=O)C1=C(C(=O)N(C(=O)CC)c2cc(SCC(=O)OCC)c(Cl)cc2F)CCCC1. The monoisotopic (exact) mass is 543 g/mol. The average Bonchev–Trinajstić information content (AvgIpc) is 2.87. The second kappa shape index (κ2) is 15.0. The van der Waals surface area contributed by atoms with E-state index in [0.717, 1.165) is 22.7 Å². The summed E-state index contributed by atoms with van der Waals surface area (Å²) < 4.78 is 30.4. The summed E-state index contributed by atoms with van der Waals surface area (Å²) >= 11 is 7.16. The highest BCUT2D eigenvalue weighted by Gasteiger charge is 2.33. The maximum absolute atomic E-state index is 15.1. The van der Waals surface area contributed by atoms with Gasteiger partial charge in [0.05, 0.1) is 29.7 Å². The number of hydrogen-bond donors (Lipinski definition) is 0. The van der Waals surface area contributed by atoms with Gasteiger partial charge in [-0.15, -0.1) is 11.8 Å². The van der Waals surface area contributed by atoms with E-state index in [4.69, 9.17) is 25.8 Å². The van der Waals surface area contributed by atoms with Crippen LogP contribution in [0.3, 0.4) is 0 Å². The Hall–Kier alpha value is -2.43. The van der Waals surface area contributed by atoms with Gasteiger partial charge in [-0.3, -0.25) is 14.4 Å². The van der Waals surface area contributed by atoms with Gasteiger partial charge in [0.15, 0.2) is 0 Å². The molecular weight excluding hydrogens is 513 g/mol. The molecule has 2 rings (SSSR count). The molecule has 0 aromatic heterocycles. The lowest BCUT2D eigenvalue weighted by atomic mass is 9.90. The predicted molar refractivity (Wildman–Crippen MR) is 134 cm³/mol. The summed E-state index contributed by atoms with van der Waals surface area (Å²) in [4.78, 5) is 52.0. The number of rotatable bonds is 12. The van der Waals surface area contributed by atoms with Gasteiger partial charge in [0.25, 0.3) is 5.91 Å². The maximum Gasteiger partial charge on any atom is 0.334 e. The summed E-state index contributed by atoms with van der Waals surface area (Å²) in [7, 11) is 0. The van der Waals surface area contributed by atoms with E-state index in [1.165, 1.54) is 6.07 Å². The lowest BCUT2D eigenvalue weighted by Crippen LogP contribution is -2.39. The summed E-state index contributed by atoms with van der Waals surface area (Å²) in [6.07, 6.45) is 1.79. The van der Waals surface area contributed by atoms with Gasteiger partial charge in [-0.2, -0.15) is 0 Å². The first-order valence-electron chi connectivity index (χ1n) is 11.9. The Morgan fingerprint density at radius 1 is 1.00 bits per heavy atom. The Morgan fingerprint density at radius 3 is 2.33 bits per heavy atom. The fourth-order valence-corrected chi connectivity index (χ4v) is 4.64. The number of nitrogens with zero attached hydrogens (tertiary/aromatic N) is 1. The quantitative estimate of drug-likeness (QED) is 0.209. The molecule has 0 radical (unpaired) electrons. The molecule has 0 aliphatic heterocycles. The van der Waals surface area contributed by atoms with Crippen LogP contribution in [-0.2, 0) is 33.4 Å². The Labute approximate surface area is 219 Å². The molecule has 0 N–H and O–H groups in total. The van der Waals surface area contributed by atoms with E-state index < -0.39 is 29.6 Å². The van der Waals surface area contributed by atoms with Crippen LogP contribution in [0, 0.1) is 5.82 Å². The zero-order valence-corrected chi connectivity index (χ0v) is 22.3. The number of amides is 2. The molecule has 0 spiro atoms. The number of thioether (sulfide) groups is 1. The normalized spacial score (nSPS) is 13.4. The molecule has 0 unspecified atom stereocenters. The molecule has 0 bridgehead atoms. The van der Waals surface area contributed by atoms with Crippen molar-refractivity contribution in [2.75, 3.05) is 37.1 Å². The van der Waals surface area contributed by atoms with Gasteiger partial charge in [-0.1, -0.05) is 18.5 Å². The van der Waals surface area contributed by atoms with Crippen LogP contribution in [0.4, 0.5) is 10.1 Å². The number of halogens is 2. The third kappa shape index (κ3) is 8.04. The van der Waals surface area contributed by atoms with Gasteiger partial charge in [-0.25, -0.2) is 14.1 Å². The zero-order chi connectivity index (χ0) is 26.7. The molecule has 1 aromatic rings. The smallest absolute Gasteiger partial charge is 0.334 e. The van der Waals surface area contributed by atoms with Gasteiger partial charge in [0.2, 0.25) is 5.91 Å². The van der Waals surface area contributed by atoms with E-state index in [1.807, 2.05) is 6.92 Å². The molecule has 11 heteroatoms. The molecule has 36 heavy (non-hydrogen) atoms. The highest BCUT2D eigenvalue weighted by molar-refractivity contribution is 8.00. The molecule has 198 valence electrons. The molecule has 1 aliphatic carbocycles. The van der Waals surface area contributed by atoms with E-state index in [2.05, 4.69) is 0 Å². The van der Waals surface area contributed by atoms with Crippen molar-refractivity contribution in [1.29, 1.82) is 0 Å². The van der Waals surface area contributed by atoms with Crippen LogP contribution in [0.15, 0.2) is 28.2 Å². The van der Waals surface area contributed by atoms with E-state index in [1.54, 1.807) is 13.8 Å². The number of carbonyl (C=O) groups is 4. The first-order valence-corrected chi connectivity index (χ1v) is 13.2. The lowest BCUT2D eigenvalue weighted by Gasteiger charge is -2.26. The number of carbonyl (C=O) groups excluding carboxylic acids is 4. The van der Waals surface area contributed by atoms with Crippen LogP contribution in [0.25, 0.3) is 0 Å². The number of ether oxygens (including phenoxy) is 3. The zero-order valence-electron chi connectivity index (χ0n) is 20.7. The fourth-order valence-electron chi connectivity index (χ4n) is 3.58. The summed E-state index contributed by atoms with van der Waals surface area (Å²) in [5.41, 5.74) is 0.00668. The van der Waals surface area contributed by atoms with Crippen LogP contribution in [0.1, 0.15) is 52.9 Å². The fraction of sp³-hybridized carbons (Fsp3) is 0.520. The van der Waals surface area contributed by atoms with Crippen LogP contribution in [-0.4, -0.2) is 55.9 Å². The summed E-state index contributed by atoms with van der Waals surface area (Å²) in [6.45, 7) is 5.98. The second-order valence-corrected chi connectivity index (χ2v) is 9.14. The molecule has 1 aliphatic rings. The van der Waals surface area contributed by atoms with Crippen LogP contribution in [0.5, 0.6) is 0 Å². The Morgan fingerprint density at radius 2 is 1.69 bits per heavy atom. The number of esters is 2.